The molecule has 0 aromatic heterocycles. The van der Waals surface area contributed by atoms with Crippen molar-refractivity contribution in [3.63, 3.8) is 0 Å². The molecule has 0 bridgehead atoms. The summed E-state index contributed by atoms with van der Waals surface area (Å²) in [6, 6.07) is 16.9. The van der Waals surface area contributed by atoms with Crippen LogP contribution in [0.5, 0.6) is 0 Å². The largest absolute Gasteiger partial charge is 0.465 e. The van der Waals surface area contributed by atoms with Crippen LogP contribution in [0.15, 0.2) is 75.2 Å². The van der Waals surface area contributed by atoms with Crippen LogP contribution in [0.25, 0.3) is 0 Å². The van der Waals surface area contributed by atoms with Gasteiger partial charge in [0.15, 0.2) is 5.70 Å². The van der Waals surface area contributed by atoms with Gasteiger partial charge in [0.1, 0.15) is 11.6 Å². The number of para-hydroxylation sites is 1. The van der Waals surface area contributed by atoms with Gasteiger partial charge in [-0.2, -0.15) is 0 Å². The summed E-state index contributed by atoms with van der Waals surface area (Å²) < 4.78 is 10.5. The smallest absolute Gasteiger partial charge is 0.366 e. The number of esters is 2. The van der Waals surface area contributed by atoms with Crippen LogP contribution in [0.3, 0.4) is 0 Å². The Morgan fingerprint density at radius 3 is 2.67 bits per heavy atom. The first-order valence-corrected chi connectivity index (χ1v) is 9.29. The third-order valence-corrected chi connectivity index (χ3v) is 5.19. The molecule has 0 N–H and O–H groups in total. The van der Waals surface area contributed by atoms with Gasteiger partial charge in [0.25, 0.3) is 0 Å². The molecule has 0 amide bonds. The molecule has 4 rings (SSSR count). The number of aliphatic imine (C=N–C) groups is 1. The Hall–Kier alpha value is -3.06. The number of carbonyl (C=O) groups is 2. The van der Waals surface area contributed by atoms with Crippen LogP contribution in [0.1, 0.15) is 12.5 Å². The number of cyclic esters (lactones) is 1. The predicted molar refractivity (Wildman–Crippen MR) is 102 cm³/mol. The van der Waals surface area contributed by atoms with Crippen LogP contribution in [0.2, 0.25) is 0 Å². The topological polar surface area (TPSA) is 68.2 Å². The Bertz CT molecular complexity index is 969. The second-order valence-corrected chi connectivity index (χ2v) is 6.82. The van der Waals surface area contributed by atoms with Gasteiger partial charge in [0.2, 0.25) is 5.90 Å². The van der Waals surface area contributed by atoms with E-state index in [1.807, 2.05) is 54.6 Å². The van der Waals surface area contributed by atoms with Crippen LogP contribution in [0, 0.1) is 0 Å². The lowest BCUT2D eigenvalue weighted by molar-refractivity contribution is -0.141. The van der Waals surface area contributed by atoms with Gasteiger partial charge in [-0.05, 0) is 31.2 Å². The Morgan fingerprint density at radius 1 is 1.15 bits per heavy atom. The van der Waals surface area contributed by atoms with Crippen molar-refractivity contribution >= 4 is 35.3 Å². The average molecular weight is 380 g/mol. The van der Waals surface area contributed by atoms with E-state index in [9.17, 15) is 9.59 Å². The highest BCUT2D eigenvalue weighted by atomic mass is 32.2. The molecule has 2 heterocycles. The molecular weight excluding hydrogens is 364 g/mol. The first-order valence-electron chi connectivity index (χ1n) is 8.48. The molecule has 6 nitrogen and oxygen atoms in total. The monoisotopic (exact) mass is 380 g/mol. The van der Waals surface area contributed by atoms with Crippen molar-refractivity contribution in [2.45, 2.75) is 11.8 Å². The first kappa shape index (κ1) is 17.4. The van der Waals surface area contributed by atoms with Crippen LogP contribution in [0.4, 0.5) is 5.69 Å². The molecule has 136 valence electrons. The number of benzene rings is 2. The SMILES string of the molecule is CCOC(=O)CN1/C(=C2/N=C(c3ccccc3)OC2=O)Sc2ccccc21. The zero-order valence-corrected chi connectivity index (χ0v) is 15.4. The number of hydrogen-bond donors (Lipinski definition) is 0. The number of carbonyl (C=O) groups excluding carboxylic acids is 2. The van der Waals surface area contributed by atoms with E-state index in [0.29, 0.717) is 11.6 Å². The van der Waals surface area contributed by atoms with Gasteiger partial charge >= 0.3 is 11.9 Å². The number of ether oxygens (including phenoxy) is 2. The van der Waals surface area contributed by atoms with Crippen molar-refractivity contribution in [1.29, 1.82) is 0 Å². The predicted octanol–water partition coefficient (Wildman–Crippen LogP) is 3.33. The lowest BCUT2D eigenvalue weighted by Gasteiger charge is -2.19. The molecule has 0 aliphatic carbocycles. The van der Waals surface area contributed by atoms with Crippen molar-refractivity contribution in [3.05, 3.63) is 70.9 Å². The summed E-state index contributed by atoms with van der Waals surface area (Å²) in [6.07, 6.45) is 0. The summed E-state index contributed by atoms with van der Waals surface area (Å²) in [7, 11) is 0. The molecule has 7 heteroatoms. The molecule has 0 spiro atoms. The van der Waals surface area contributed by atoms with Crippen LogP contribution >= 0.6 is 11.8 Å². The number of nitrogens with zero attached hydrogens (tertiary/aromatic N) is 2. The molecule has 0 radical (unpaired) electrons. The molecule has 27 heavy (non-hydrogen) atoms. The van der Waals surface area contributed by atoms with E-state index in [-0.39, 0.29) is 24.1 Å². The summed E-state index contributed by atoms with van der Waals surface area (Å²) in [5.74, 6) is -0.639. The minimum atomic E-state index is -0.530. The molecule has 2 aromatic carbocycles. The Kier molecular flexibility index (Phi) is 4.68. The Labute approximate surface area is 160 Å². The molecule has 0 saturated heterocycles. The summed E-state index contributed by atoms with van der Waals surface area (Å²) in [4.78, 5) is 31.7. The van der Waals surface area contributed by atoms with E-state index in [1.54, 1.807) is 11.8 Å². The minimum absolute atomic E-state index is 0.000156. The fourth-order valence-corrected chi connectivity index (χ4v) is 3.99. The number of rotatable bonds is 4. The van der Waals surface area contributed by atoms with Gasteiger partial charge in [0, 0.05) is 10.5 Å². The zero-order chi connectivity index (χ0) is 18.8. The maximum absolute atomic E-state index is 12.5. The number of anilines is 1. The van der Waals surface area contributed by atoms with E-state index in [1.165, 1.54) is 11.8 Å². The average Bonchev–Trinajstić information content (AvgIpc) is 3.23. The third kappa shape index (κ3) is 3.33. The van der Waals surface area contributed by atoms with E-state index in [4.69, 9.17) is 9.47 Å². The van der Waals surface area contributed by atoms with Gasteiger partial charge < -0.3 is 14.4 Å². The molecule has 0 saturated carbocycles. The lowest BCUT2D eigenvalue weighted by Crippen LogP contribution is -2.28. The standard InChI is InChI=1S/C20H16N2O4S/c1-2-25-16(23)12-22-14-10-6-7-11-15(14)27-19(22)17-20(24)26-18(21-17)13-8-4-3-5-9-13/h3-11H,2,12H2,1H3/b19-17-. The van der Waals surface area contributed by atoms with Gasteiger partial charge in [-0.15, -0.1) is 0 Å². The van der Waals surface area contributed by atoms with Crippen molar-refractivity contribution < 1.29 is 19.1 Å². The lowest BCUT2D eigenvalue weighted by atomic mass is 10.2. The summed E-state index contributed by atoms with van der Waals surface area (Å²) >= 11 is 1.39. The number of thioether (sulfide) groups is 1. The van der Waals surface area contributed by atoms with Gasteiger partial charge in [-0.3, -0.25) is 4.79 Å². The molecule has 0 atom stereocenters. The molecule has 2 aliphatic rings. The van der Waals surface area contributed by atoms with Gasteiger partial charge in [-0.1, -0.05) is 42.1 Å². The van der Waals surface area contributed by atoms with Crippen LogP contribution < -0.4 is 4.90 Å². The van der Waals surface area contributed by atoms with E-state index in [2.05, 4.69) is 4.99 Å². The molecule has 0 fully saturated rings. The van der Waals surface area contributed by atoms with Crippen LogP contribution in [-0.4, -0.2) is 31.0 Å². The Balaban J connectivity index is 1.75. The molecule has 0 unspecified atom stereocenters. The summed E-state index contributed by atoms with van der Waals surface area (Å²) in [6.45, 7) is 2.06. The second-order valence-electron chi connectivity index (χ2n) is 5.79. The third-order valence-electron chi connectivity index (χ3n) is 4.02. The highest BCUT2D eigenvalue weighted by molar-refractivity contribution is 8.03. The van der Waals surface area contributed by atoms with E-state index >= 15 is 0 Å². The normalized spacial score (nSPS) is 18.2. The Morgan fingerprint density at radius 2 is 1.89 bits per heavy atom. The van der Waals surface area contributed by atoms with E-state index < -0.39 is 5.97 Å². The highest BCUT2D eigenvalue weighted by Crippen LogP contribution is 2.47. The minimum Gasteiger partial charge on any atom is -0.465 e. The second kappa shape index (κ2) is 7.28. The maximum atomic E-state index is 12.5. The number of hydrogen-bond acceptors (Lipinski definition) is 7. The molecular formula is C20H16N2O4S. The van der Waals surface area contributed by atoms with Crippen molar-refractivity contribution in [1.82, 2.24) is 0 Å². The fourth-order valence-electron chi connectivity index (χ4n) is 2.85. The van der Waals surface area contributed by atoms with Crippen molar-refractivity contribution in [3.8, 4) is 0 Å². The number of fused-ring (bicyclic) bond motifs is 1. The van der Waals surface area contributed by atoms with Crippen molar-refractivity contribution in [2.75, 3.05) is 18.1 Å². The fraction of sp³-hybridized carbons (Fsp3) is 0.150. The van der Waals surface area contributed by atoms with E-state index in [0.717, 1.165) is 16.1 Å². The zero-order valence-electron chi connectivity index (χ0n) is 14.5. The molecule has 2 aromatic rings. The van der Waals surface area contributed by atoms with Gasteiger partial charge in [-0.25, -0.2) is 9.79 Å². The highest BCUT2D eigenvalue weighted by Gasteiger charge is 2.36. The van der Waals surface area contributed by atoms with Crippen LogP contribution in [-0.2, 0) is 19.1 Å². The van der Waals surface area contributed by atoms with Gasteiger partial charge in [0.05, 0.1) is 12.3 Å². The first-order chi connectivity index (χ1) is 13.2. The summed E-state index contributed by atoms with van der Waals surface area (Å²) in [5.41, 5.74) is 1.76. The summed E-state index contributed by atoms with van der Waals surface area (Å²) in [5, 5.41) is 0.570. The quantitative estimate of drug-likeness (QED) is 0.599. The molecule has 2 aliphatic heterocycles. The van der Waals surface area contributed by atoms with Crippen molar-refractivity contribution in [2.24, 2.45) is 4.99 Å². The maximum Gasteiger partial charge on any atom is 0.366 e.